The normalized spacial score (nSPS) is 12.5. The Labute approximate surface area is 240 Å². The molecule has 202 valence electrons. The Morgan fingerprint density at radius 3 is 0.975 bits per heavy atom. The van der Waals surface area contributed by atoms with Crippen LogP contribution in [-0.2, 0) is 13.1 Å². The van der Waals surface area contributed by atoms with Crippen LogP contribution in [0, 0.1) is 0 Å². The average molecular weight is 525 g/mol. The highest BCUT2D eigenvalue weighted by Gasteiger charge is 2.13. The molecule has 0 radical (unpaired) electrons. The van der Waals surface area contributed by atoms with Gasteiger partial charge < -0.3 is 9.80 Å². The van der Waals surface area contributed by atoms with Crippen molar-refractivity contribution in [3.63, 3.8) is 0 Å². The fourth-order valence-corrected chi connectivity index (χ4v) is 5.39. The second-order valence-corrected chi connectivity index (χ2v) is 11.0. The predicted octanol–water partition coefficient (Wildman–Crippen LogP) is 9.26. The quantitative estimate of drug-likeness (QED) is 0.180. The molecule has 0 heterocycles. The van der Waals surface area contributed by atoms with Crippen LogP contribution in [0.25, 0.3) is 0 Å². The van der Waals surface area contributed by atoms with E-state index in [4.69, 9.17) is 0 Å². The van der Waals surface area contributed by atoms with Crippen molar-refractivity contribution in [3.8, 4) is 0 Å². The van der Waals surface area contributed by atoms with Crippen LogP contribution in [0.5, 0.6) is 0 Å². The molecule has 0 saturated carbocycles. The van der Waals surface area contributed by atoms with Crippen molar-refractivity contribution in [1.82, 2.24) is 0 Å². The number of nitrogens with zero attached hydrogens (tertiary/aromatic N) is 2. The van der Waals surface area contributed by atoms with Crippen LogP contribution in [0.1, 0.15) is 59.1 Å². The maximum atomic E-state index is 2.30. The van der Waals surface area contributed by atoms with Crippen LogP contribution in [0.4, 0.5) is 11.4 Å². The molecule has 0 amide bonds. The SMILES string of the molecule is CC(c1ccc(C(C)c2ccc(N(C)Cc3ccccc3)cc2)cc1)c1ccc(N(C)Cc2ccccc2)cc1. The fraction of sp³-hybridized carbons (Fsp3) is 0.211. The average Bonchev–Trinajstić information content (AvgIpc) is 3.01. The van der Waals surface area contributed by atoms with Gasteiger partial charge in [-0.2, -0.15) is 0 Å². The molecule has 40 heavy (non-hydrogen) atoms. The van der Waals surface area contributed by atoms with Crippen LogP contribution < -0.4 is 9.80 Å². The summed E-state index contributed by atoms with van der Waals surface area (Å²) in [7, 11) is 4.31. The van der Waals surface area contributed by atoms with Gasteiger partial charge in [0.05, 0.1) is 0 Å². The summed E-state index contributed by atoms with van der Waals surface area (Å²) in [6.07, 6.45) is 0. The highest BCUT2D eigenvalue weighted by atomic mass is 15.1. The Morgan fingerprint density at radius 1 is 0.400 bits per heavy atom. The third-order valence-electron chi connectivity index (χ3n) is 8.13. The number of hydrogen-bond acceptors (Lipinski definition) is 2. The van der Waals surface area contributed by atoms with Gasteiger partial charge in [0.2, 0.25) is 0 Å². The van der Waals surface area contributed by atoms with Gasteiger partial charge in [-0.25, -0.2) is 0 Å². The summed E-state index contributed by atoms with van der Waals surface area (Å²) in [5, 5.41) is 0. The van der Waals surface area contributed by atoms with E-state index in [1.54, 1.807) is 0 Å². The minimum absolute atomic E-state index is 0.345. The Morgan fingerprint density at radius 2 is 0.675 bits per heavy atom. The van der Waals surface area contributed by atoms with Crippen molar-refractivity contribution in [3.05, 3.63) is 167 Å². The van der Waals surface area contributed by atoms with Gasteiger partial charge in [-0.3, -0.25) is 0 Å². The van der Waals surface area contributed by atoms with Crippen LogP contribution in [0.2, 0.25) is 0 Å². The van der Waals surface area contributed by atoms with Crippen LogP contribution in [-0.4, -0.2) is 14.1 Å². The van der Waals surface area contributed by atoms with Gasteiger partial charge in [0, 0.05) is 50.4 Å². The maximum Gasteiger partial charge on any atom is 0.0426 e. The molecule has 5 aromatic rings. The van der Waals surface area contributed by atoms with E-state index in [-0.39, 0.29) is 0 Å². The molecule has 0 spiro atoms. The zero-order valence-electron chi connectivity index (χ0n) is 24.2. The van der Waals surface area contributed by atoms with Crippen molar-refractivity contribution in [2.75, 3.05) is 23.9 Å². The molecule has 0 aliphatic rings. The van der Waals surface area contributed by atoms with Crippen molar-refractivity contribution < 1.29 is 0 Å². The van der Waals surface area contributed by atoms with Gasteiger partial charge >= 0.3 is 0 Å². The molecular weight excluding hydrogens is 484 g/mol. The summed E-state index contributed by atoms with van der Waals surface area (Å²) in [6.45, 7) is 6.41. The largest absolute Gasteiger partial charge is 0.370 e. The van der Waals surface area contributed by atoms with Crippen molar-refractivity contribution >= 4 is 11.4 Å². The first-order valence-electron chi connectivity index (χ1n) is 14.3. The maximum absolute atomic E-state index is 2.30. The fourth-order valence-electron chi connectivity index (χ4n) is 5.39. The highest BCUT2D eigenvalue weighted by molar-refractivity contribution is 5.50. The molecule has 0 fully saturated rings. The molecule has 5 aromatic carbocycles. The lowest BCUT2D eigenvalue weighted by atomic mass is 9.88. The van der Waals surface area contributed by atoms with E-state index in [0.29, 0.717) is 11.8 Å². The van der Waals surface area contributed by atoms with Gasteiger partial charge in [-0.15, -0.1) is 0 Å². The lowest BCUT2D eigenvalue weighted by Gasteiger charge is -2.21. The molecule has 2 nitrogen and oxygen atoms in total. The van der Waals surface area contributed by atoms with E-state index in [9.17, 15) is 0 Å². The lowest BCUT2D eigenvalue weighted by Crippen LogP contribution is -2.16. The summed E-state index contributed by atoms with van der Waals surface area (Å²) < 4.78 is 0. The zero-order chi connectivity index (χ0) is 27.9. The molecule has 0 saturated heterocycles. The molecule has 2 heteroatoms. The Bertz CT molecular complexity index is 1340. The molecular formula is C38H40N2. The molecule has 2 atom stereocenters. The molecule has 0 aliphatic carbocycles. The highest BCUT2D eigenvalue weighted by Crippen LogP contribution is 2.30. The number of benzene rings is 5. The number of anilines is 2. The first-order chi connectivity index (χ1) is 19.5. The van der Waals surface area contributed by atoms with Crippen molar-refractivity contribution in [2.24, 2.45) is 0 Å². The first-order valence-corrected chi connectivity index (χ1v) is 14.3. The molecule has 2 unspecified atom stereocenters. The van der Waals surface area contributed by atoms with Gasteiger partial charge in [-0.1, -0.05) is 123 Å². The minimum Gasteiger partial charge on any atom is -0.370 e. The monoisotopic (exact) mass is 524 g/mol. The zero-order valence-corrected chi connectivity index (χ0v) is 24.2. The molecule has 0 aromatic heterocycles. The number of rotatable bonds is 10. The Hall–Kier alpha value is -4.30. The van der Waals surface area contributed by atoms with Crippen LogP contribution in [0.15, 0.2) is 133 Å². The van der Waals surface area contributed by atoms with Gasteiger partial charge in [0.15, 0.2) is 0 Å². The Balaban J connectivity index is 1.20. The second kappa shape index (κ2) is 12.7. The van der Waals surface area contributed by atoms with Crippen LogP contribution >= 0.6 is 0 Å². The predicted molar refractivity (Wildman–Crippen MR) is 171 cm³/mol. The third kappa shape index (κ3) is 6.63. The van der Waals surface area contributed by atoms with Gasteiger partial charge in [0.25, 0.3) is 0 Å². The minimum atomic E-state index is 0.345. The van der Waals surface area contributed by atoms with Crippen molar-refractivity contribution in [1.29, 1.82) is 0 Å². The third-order valence-corrected chi connectivity index (χ3v) is 8.13. The first kappa shape index (κ1) is 27.3. The van der Waals surface area contributed by atoms with E-state index in [1.165, 1.54) is 44.8 Å². The van der Waals surface area contributed by atoms with E-state index in [0.717, 1.165) is 13.1 Å². The molecule has 5 rings (SSSR count). The summed E-state index contributed by atoms with van der Waals surface area (Å²) in [4.78, 5) is 4.60. The van der Waals surface area contributed by atoms with E-state index in [2.05, 4.69) is 171 Å². The van der Waals surface area contributed by atoms with Crippen molar-refractivity contribution in [2.45, 2.75) is 38.8 Å². The molecule has 0 N–H and O–H groups in total. The van der Waals surface area contributed by atoms with E-state index >= 15 is 0 Å². The topological polar surface area (TPSA) is 6.48 Å². The standard InChI is InChI=1S/C38H40N2/c1-29(35-19-23-37(24-20-35)39(3)27-31-11-7-5-8-12-31)33-15-17-34(18-16-33)30(2)36-21-25-38(26-22-36)40(4)28-32-13-9-6-10-14-32/h5-26,29-30H,27-28H2,1-4H3. The second-order valence-electron chi connectivity index (χ2n) is 11.0. The van der Waals surface area contributed by atoms with Gasteiger partial charge in [-0.05, 0) is 57.6 Å². The summed E-state index contributed by atoms with van der Waals surface area (Å²) in [5.74, 6) is 0.689. The molecule has 0 bridgehead atoms. The van der Waals surface area contributed by atoms with Crippen LogP contribution in [0.3, 0.4) is 0 Å². The van der Waals surface area contributed by atoms with E-state index in [1.807, 2.05) is 0 Å². The summed E-state index contributed by atoms with van der Waals surface area (Å²) in [6, 6.07) is 48.5. The number of hydrogen-bond donors (Lipinski definition) is 0. The lowest BCUT2D eigenvalue weighted by molar-refractivity contribution is 0.891. The smallest absolute Gasteiger partial charge is 0.0426 e. The summed E-state index contributed by atoms with van der Waals surface area (Å²) in [5.41, 5.74) is 10.5. The summed E-state index contributed by atoms with van der Waals surface area (Å²) >= 11 is 0. The molecule has 0 aliphatic heterocycles. The Kier molecular flexibility index (Phi) is 8.66. The van der Waals surface area contributed by atoms with E-state index < -0.39 is 0 Å². The van der Waals surface area contributed by atoms with Gasteiger partial charge in [0.1, 0.15) is 0 Å².